The SMILES string of the molecule is COCc1cc(C(=O)N[C@H](CCC(=O)OC)C(=O)O)no1. The summed E-state index contributed by atoms with van der Waals surface area (Å²) in [6.07, 6.45) is -0.210. The molecule has 1 aromatic rings. The Bertz CT molecular complexity index is 511. The van der Waals surface area contributed by atoms with Crippen LogP contribution in [0.25, 0.3) is 0 Å². The van der Waals surface area contributed by atoms with Crippen molar-refractivity contribution >= 4 is 17.8 Å². The first-order valence-corrected chi connectivity index (χ1v) is 6.03. The Labute approximate surface area is 120 Å². The minimum absolute atomic E-state index is 0.0635. The van der Waals surface area contributed by atoms with E-state index in [9.17, 15) is 14.4 Å². The van der Waals surface area contributed by atoms with Gasteiger partial charge in [-0.05, 0) is 6.42 Å². The van der Waals surface area contributed by atoms with Crippen molar-refractivity contribution in [2.24, 2.45) is 0 Å². The largest absolute Gasteiger partial charge is 0.480 e. The van der Waals surface area contributed by atoms with Crippen LogP contribution >= 0.6 is 0 Å². The van der Waals surface area contributed by atoms with Gasteiger partial charge in [-0.1, -0.05) is 5.16 Å². The Morgan fingerprint density at radius 1 is 1.43 bits per heavy atom. The summed E-state index contributed by atoms with van der Waals surface area (Å²) in [5.41, 5.74) is -0.0635. The first-order chi connectivity index (χ1) is 9.97. The number of nitrogens with one attached hydrogen (secondary N) is 1. The van der Waals surface area contributed by atoms with Crippen LogP contribution in [0.2, 0.25) is 0 Å². The van der Waals surface area contributed by atoms with Gasteiger partial charge >= 0.3 is 11.9 Å². The number of aliphatic carboxylic acids is 1. The smallest absolute Gasteiger partial charge is 0.326 e. The van der Waals surface area contributed by atoms with Crippen LogP contribution in [0.5, 0.6) is 0 Å². The molecule has 1 amide bonds. The fourth-order valence-corrected chi connectivity index (χ4v) is 1.48. The molecule has 9 heteroatoms. The number of esters is 1. The molecule has 1 heterocycles. The van der Waals surface area contributed by atoms with Gasteiger partial charge in [0.25, 0.3) is 5.91 Å². The number of nitrogens with zero attached hydrogens (tertiary/aromatic N) is 1. The molecule has 1 rings (SSSR count). The van der Waals surface area contributed by atoms with E-state index < -0.39 is 23.9 Å². The molecule has 0 radical (unpaired) electrons. The number of aromatic nitrogens is 1. The zero-order valence-electron chi connectivity index (χ0n) is 11.6. The molecule has 0 fully saturated rings. The van der Waals surface area contributed by atoms with Crippen molar-refractivity contribution in [3.05, 3.63) is 17.5 Å². The highest BCUT2D eigenvalue weighted by molar-refractivity contribution is 5.95. The van der Waals surface area contributed by atoms with Crippen molar-refractivity contribution in [2.45, 2.75) is 25.5 Å². The van der Waals surface area contributed by atoms with E-state index in [1.165, 1.54) is 20.3 Å². The summed E-state index contributed by atoms with van der Waals surface area (Å²) in [6.45, 7) is 0.144. The van der Waals surface area contributed by atoms with Crippen LogP contribution in [-0.4, -0.2) is 48.4 Å². The summed E-state index contributed by atoms with van der Waals surface area (Å²) in [4.78, 5) is 33.9. The van der Waals surface area contributed by atoms with Crippen LogP contribution < -0.4 is 5.32 Å². The van der Waals surface area contributed by atoms with Crippen LogP contribution in [0.1, 0.15) is 29.1 Å². The van der Waals surface area contributed by atoms with Crippen LogP contribution in [0.3, 0.4) is 0 Å². The maximum atomic E-state index is 11.8. The van der Waals surface area contributed by atoms with Gasteiger partial charge in [0.05, 0.1) is 7.11 Å². The number of carboxylic acids is 1. The summed E-state index contributed by atoms with van der Waals surface area (Å²) < 4.78 is 14.0. The summed E-state index contributed by atoms with van der Waals surface area (Å²) in [5.74, 6) is -2.19. The molecule has 0 aromatic carbocycles. The second-order valence-electron chi connectivity index (χ2n) is 4.09. The van der Waals surface area contributed by atoms with Crippen molar-refractivity contribution < 1.29 is 33.5 Å². The molecule has 1 atom stereocenters. The van der Waals surface area contributed by atoms with Gasteiger partial charge < -0.3 is 24.4 Å². The molecule has 0 aliphatic rings. The average molecular weight is 300 g/mol. The molecule has 0 saturated carbocycles. The lowest BCUT2D eigenvalue weighted by molar-refractivity contribution is -0.142. The second-order valence-corrected chi connectivity index (χ2v) is 4.09. The number of rotatable bonds is 8. The van der Waals surface area contributed by atoms with Crippen LogP contribution in [-0.2, 0) is 25.7 Å². The van der Waals surface area contributed by atoms with Gasteiger partial charge in [-0.2, -0.15) is 0 Å². The maximum Gasteiger partial charge on any atom is 0.326 e. The third kappa shape index (κ3) is 5.22. The predicted octanol–water partition coefficient (Wildman–Crippen LogP) is -0.0428. The molecular formula is C12H16N2O7. The molecule has 21 heavy (non-hydrogen) atoms. The molecule has 0 unspecified atom stereocenters. The molecular weight excluding hydrogens is 284 g/mol. The number of hydrogen-bond donors (Lipinski definition) is 2. The van der Waals surface area contributed by atoms with E-state index in [1.807, 2.05) is 0 Å². The maximum absolute atomic E-state index is 11.8. The molecule has 1 aromatic heterocycles. The van der Waals surface area contributed by atoms with E-state index in [1.54, 1.807) is 0 Å². The first kappa shape index (κ1) is 16.6. The number of carbonyl (C=O) groups is 3. The summed E-state index contributed by atoms with van der Waals surface area (Å²) in [5, 5.41) is 14.8. The molecule has 0 saturated heterocycles. The van der Waals surface area contributed by atoms with Gasteiger partial charge in [-0.3, -0.25) is 9.59 Å². The molecule has 0 spiro atoms. The third-order valence-electron chi connectivity index (χ3n) is 2.55. The normalized spacial score (nSPS) is 11.7. The Morgan fingerprint density at radius 2 is 2.14 bits per heavy atom. The van der Waals surface area contributed by atoms with E-state index in [4.69, 9.17) is 14.4 Å². The lowest BCUT2D eigenvalue weighted by Gasteiger charge is -2.12. The van der Waals surface area contributed by atoms with E-state index in [0.717, 1.165) is 0 Å². The van der Waals surface area contributed by atoms with Gasteiger partial charge in [-0.15, -0.1) is 0 Å². The minimum atomic E-state index is -1.26. The number of carbonyl (C=O) groups excluding carboxylic acids is 2. The van der Waals surface area contributed by atoms with E-state index in [-0.39, 0.29) is 25.1 Å². The summed E-state index contributed by atoms with van der Waals surface area (Å²) in [7, 11) is 2.65. The lowest BCUT2D eigenvalue weighted by atomic mass is 10.1. The standard InChI is InChI=1S/C12H16N2O7/c1-19-6-7-5-9(14-21-7)11(16)13-8(12(17)18)3-4-10(15)20-2/h5,8H,3-4,6H2,1-2H3,(H,13,16)(H,17,18)/t8-/m1/s1. The monoisotopic (exact) mass is 300 g/mol. The Kier molecular flexibility index (Phi) is 6.34. The van der Waals surface area contributed by atoms with Crippen LogP contribution in [0.15, 0.2) is 10.6 Å². The van der Waals surface area contributed by atoms with Crippen molar-refractivity contribution in [1.29, 1.82) is 0 Å². The van der Waals surface area contributed by atoms with Crippen molar-refractivity contribution in [3.8, 4) is 0 Å². The topological polar surface area (TPSA) is 128 Å². The van der Waals surface area contributed by atoms with Crippen molar-refractivity contribution in [2.75, 3.05) is 14.2 Å². The lowest BCUT2D eigenvalue weighted by Crippen LogP contribution is -2.41. The number of carboxylic acid groups (broad SMARTS) is 1. The molecule has 2 N–H and O–H groups in total. The zero-order valence-corrected chi connectivity index (χ0v) is 11.6. The van der Waals surface area contributed by atoms with Gasteiger partial charge in [0, 0.05) is 19.6 Å². The quantitative estimate of drug-likeness (QED) is 0.640. The van der Waals surface area contributed by atoms with Gasteiger partial charge in [0.1, 0.15) is 12.6 Å². The average Bonchev–Trinajstić information content (AvgIpc) is 2.91. The number of ether oxygens (including phenoxy) is 2. The Hall–Kier alpha value is -2.42. The first-order valence-electron chi connectivity index (χ1n) is 6.03. The summed E-state index contributed by atoms with van der Waals surface area (Å²) >= 11 is 0. The van der Waals surface area contributed by atoms with Crippen molar-refractivity contribution in [3.63, 3.8) is 0 Å². The number of hydrogen-bond acceptors (Lipinski definition) is 7. The van der Waals surface area contributed by atoms with Crippen LogP contribution in [0, 0.1) is 0 Å². The third-order valence-corrected chi connectivity index (χ3v) is 2.55. The number of amides is 1. The minimum Gasteiger partial charge on any atom is -0.480 e. The molecule has 0 aliphatic carbocycles. The van der Waals surface area contributed by atoms with Crippen LogP contribution in [0.4, 0.5) is 0 Å². The highest BCUT2D eigenvalue weighted by Crippen LogP contribution is 2.06. The fraction of sp³-hybridized carbons (Fsp3) is 0.500. The highest BCUT2D eigenvalue weighted by Gasteiger charge is 2.23. The fourth-order valence-electron chi connectivity index (χ4n) is 1.48. The Morgan fingerprint density at radius 3 is 2.71 bits per heavy atom. The van der Waals surface area contributed by atoms with E-state index in [2.05, 4.69) is 15.2 Å². The van der Waals surface area contributed by atoms with Crippen molar-refractivity contribution in [1.82, 2.24) is 10.5 Å². The van der Waals surface area contributed by atoms with E-state index >= 15 is 0 Å². The van der Waals surface area contributed by atoms with E-state index in [0.29, 0.717) is 5.76 Å². The van der Waals surface area contributed by atoms with Gasteiger partial charge in [0.15, 0.2) is 11.5 Å². The number of methoxy groups -OCH3 is 2. The van der Waals surface area contributed by atoms with Gasteiger partial charge in [0.2, 0.25) is 0 Å². The predicted molar refractivity (Wildman–Crippen MR) is 67.4 cm³/mol. The molecule has 0 bridgehead atoms. The van der Waals surface area contributed by atoms with Gasteiger partial charge in [-0.25, -0.2) is 4.79 Å². The molecule has 116 valence electrons. The molecule has 0 aliphatic heterocycles. The zero-order chi connectivity index (χ0) is 15.8. The summed E-state index contributed by atoms with van der Waals surface area (Å²) in [6, 6.07) is 0.122. The Balaban J connectivity index is 2.62. The molecule has 9 nitrogen and oxygen atoms in total. The second kappa shape index (κ2) is 8.00. The highest BCUT2D eigenvalue weighted by atomic mass is 16.5.